The van der Waals surface area contributed by atoms with Gasteiger partial charge in [0, 0.05) is 52.1 Å². The zero-order chi connectivity index (χ0) is 16.8. The van der Waals surface area contributed by atoms with Gasteiger partial charge in [0.15, 0.2) is 11.1 Å². The molecule has 1 aromatic heterocycles. The number of carbonyl (C=O) groups is 1. The summed E-state index contributed by atoms with van der Waals surface area (Å²) >= 11 is 1.62. The Morgan fingerprint density at radius 2 is 2.29 bits per heavy atom. The van der Waals surface area contributed by atoms with Crippen molar-refractivity contribution in [2.45, 2.75) is 32.4 Å². The maximum absolute atomic E-state index is 11.6. The molecular weight excluding hydrogens is 439 g/mol. The van der Waals surface area contributed by atoms with Crippen LogP contribution in [0, 0.1) is 0 Å². The average Bonchev–Trinajstić information content (AvgIpc) is 2.98. The van der Waals surface area contributed by atoms with E-state index in [9.17, 15) is 4.79 Å². The molecule has 2 heterocycles. The third kappa shape index (κ3) is 6.08. The molecule has 136 valence electrons. The Kier molecular flexibility index (Phi) is 8.74. The quantitative estimate of drug-likeness (QED) is 0.391. The Morgan fingerprint density at radius 3 is 2.88 bits per heavy atom. The Labute approximate surface area is 164 Å². The Bertz CT molecular complexity index is 562. The molecule has 0 aromatic carbocycles. The minimum absolute atomic E-state index is 0. The summed E-state index contributed by atoms with van der Waals surface area (Å²) < 4.78 is 0. The summed E-state index contributed by atoms with van der Waals surface area (Å²) in [6.45, 7) is 4.10. The smallest absolute Gasteiger partial charge is 0.222 e. The minimum Gasteiger partial charge on any atom is -0.357 e. The van der Waals surface area contributed by atoms with Gasteiger partial charge in [-0.25, -0.2) is 9.98 Å². The van der Waals surface area contributed by atoms with E-state index in [-0.39, 0.29) is 35.9 Å². The Hall–Kier alpha value is -1.10. The van der Waals surface area contributed by atoms with Gasteiger partial charge in [-0.15, -0.1) is 35.3 Å². The zero-order valence-corrected chi connectivity index (χ0v) is 17.9. The predicted octanol–water partition coefficient (Wildman–Crippen LogP) is 1.50. The summed E-state index contributed by atoms with van der Waals surface area (Å²) in [6, 6.07) is 0.239. The van der Waals surface area contributed by atoms with Crippen molar-refractivity contribution < 1.29 is 4.79 Å². The largest absolute Gasteiger partial charge is 0.357 e. The number of guanidine groups is 1. The first-order valence-corrected chi connectivity index (χ1v) is 8.78. The van der Waals surface area contributed by atoms with Gasteiger partial charge in [-0.2, -0.15) is 0 Å². The predicted molar refractivity (Wildman–Crippen MR) is 110 cm³/mol. The third-order valence-electron chi connectivity index (χ3n) is 3.63. The molecule has 1 amide bonds. The van der Waals surface area contributed by atoms with Crippen LogP contribution in [-0.2, 0) is 11.3 Å². The van der Waals surface area contributed by atoms with Gasteiger partial charge in [0.05, 0.1) is 12.2 Å². The van der Waals surface area contributed by atoms with Crippen LogP contribution in [0.3, 0.4) is 0 Å². The van der Waals surface area contributed by atoms with Crippen LogP contribution in [0.15, 0.2) is 10.4 Å². The second-order valence-electron chi connectivity index (χ2n) is 5.87. The molecule has 0 saturated carbocycles. The molecule has 1 unspecified atom stereocenters. The number of rotatable bonds is 5. The van der Waals surface area contributed by atoms with Crippen LogP contribution in [0.25, 0.3) is 0 Å². The van der Waals surface area contributed by atoms with Gasteiger partial charge in [-0.1, -0.05) is 0 Å². The lowest BCUT2D eigenvalue weighted by Gasteiger charge is -2.31. The summed E-state index contributed by atoms with van der Waals surface area (Å²) in [7, 11) is 5.81. The van der Waals surface area contributed by atoms with Crippen molar-refractivity contribution in [1.82, 2.24) is 20.5 Å². The van der Waals surface area contributed by atoms with E-state index in [1.54, 1.807) is 16.2 Å². The molecule has 2 N–H and O–H groups in total. The van der Waals surface area contributed by atoms with E-state index in [1.165, 1.54) is 0 Å². The number of nitrogens with one attached hydrogen (secondary N) is 2. The van der Waals surface area contributed by atoms with Crippen molar-refractivity contribution in [1.29, 1.82) is 0 Å². The number of carbonyl (C=O) groups excluding carboxylic acids is 1. The summed E-state index contributed by atoms with van der Waals surface area (Å²) in [6.07, 6.45) is 1.43. The van der Waals surface area contributed by atoms with E-state index in [4.69, 9.17) is 0 Å². The SMILES string of the molecule is CCNC(=NCc1csc(N(C)C)n1)NC1CCC(=O)N(C)C1.I. The first kappa shape index (κ1) is 20.9. The number of thiazole rings is 1. The van der Waals surface area contributed by atoms with E-state index < -0.39 is 0 Å². The molecule has 0 spiro atoms. The summed E-state index contributed by atoms with van der Waals surface area (Å²) in [5.41, 5.74) is 0.965. The highest BCUT2D eigenvalue weighted by molar-refractivity contribution is 14.0. The average molecular weight is 466 g/mol. The van der Waals surface area contributed by atoms with Crippen LogP contribution in [0.1, 0.15) is 25.5 Å². The molecule has 1 aromatic rings. The zero-order valence-electron chi connectivity index (χ0n) is 14.7. The highest BCUT2D eigenvalue weighted by atomic mass is 127. The van der Waals surface area contributed by atoms with Gasteiger partial charge in [0.2, 0.25) is 5.91 Å². The number of halogens is 1. The fraction of sp³-hybridized carbons (Fsp3) is 0.667. The normalized spacial score (nSPS) is 18.2. The Balaban J connectivity index is 0.00000288. The topological polar surface area (TPSA) is 72.9 Å². The van der Waals surface area contributed by atoms with Crippen LogP contribution >= 0.6 is 35.3 Å². The van der Waals surface area contributed by atoms with Crippen molar-refractivity contribution in [2.24, 2.45) is 4.99 Å². The second-order valence-corrected chi connectivity index (χ2v) is 6.70. The molecule has 1 saturated heterocycles. The highest BCUT2D eigenvalue weighted by Gasteiger charge is 2.23. The lowest BCUT2D eigenvalue weighted by Crippen LogP contribution is -2.51. The standard InChI is InChI=1S/C15H26N6OS.HI/c1-5-16-14(18-11-6-7-13(22)21(4)9-11)17-8-12-10-23-15(19-12)20(2)3;/h10-11H,5-9H2,1-4H3,(H2,16,17,18);1H. The van der Waals surface area contributed by atoms with Crippen LogP contribution in [-0.4, -0.2) is 62.0 Å². The van der Waals surface area contributed by atoms with E-state index in [1.807, 2.05) is 38.3 Å². The van der Waals surface area contributed by atoms with Crippen molar-refractivity contribution >= 4 is 52.3 Å². The lowest BCUT2D eigenvalue weighted by atomic mass is 10.1. The van der Waals surface area contributed by atoms with Crippen molar-refractivity contribution in [3.63, 3.8) is 0 Å². The molecule has 0 radical (unpaired) electrons. The molecular formula is C15H27IN6OS. The van der Waals surface area contributed by atoms with Crippen LogP contribution in [0.4, 0.5) is 5.13 Å². The van der Waals surface area contributed by atoms with Crippen LogP contribution < -0.4 is 15.5 Å². The van der Waals surface area contributed by atoms with Crippen molar-refractivity contribution in [3.05, 3.63) is 11.1 Å². The molecule has 9 heteroatoms. The van der Waals surface area contributed by atoms with Gasteiger partial charge in [-0.3, -0.25) is 4.79 Å². The third-order valence-corrected chi connectivity index (χ3v) is 4.69. The van der Waals surface area contributed by atoms with E-state index >= 15 is 0 Å². The van der Waals surface area contributed by atoms with E-state index in [0.29, 0.717) is 19.5 Å². The minimum atomic E-state index is 0. The van der Waals surface area contributed by atoms with Crippen molar-refractivity contribution in [3.8, 4) is 0 Å². The summed E-state index contributed by atoms with van der Waals surface area (Å²) in [4.78, 5) is 24.5. The number of likely N-dealkylation sites (tertiary alicyclic amines) is 1. The van der Waals surface area contributed by atoms with Gasteiger partial charge in [-0.05, 0) is 13.3 Å². The number of likely N-dealkylation sites (N-methyl/N-ethyl adjacent to an activating group) is 1. The van der Waals surface area contributed by atoms with Crippen LogP contribution in [0.2, 0.25) is 0 Å². The Morgan fingerprint density at radius 1 is 1.54 bits per heavy atom. The maximum Gasteiger partial charge on any atom is 0.222 e. The molecule has 0 bridgehead atoms. The molecule has 1 fully saturated rings. The number of anilines is 1. The fourth-order valence-corrected chi connectivity index (χ4v) is 3.13. The van der Waals surface area contributed by atoms with Gasteiger partial charge < -0.3 is 20.4 Å². The van der Waals surface area contributed by atoms with E-state index in [0.717, 1.165) is 29.8 Å². The monoisotopic (exact) mass is 466 g/mol. The lowest BCUT2D eigenvalue weighted by molar-refractivity contribution is -0.132. The molecule has 1 aliphatic heterocycles. The number of aromatic nitrogens is 1. The molecule has 0 aliphatic carbocycles. The molecule has 1 atom stereocenters. The van der Waals surface area contributed by atoms with E-state index in [2.05, 4.69) is 20.6 Å². The van der Waals surface area contributed by atoms with Gasteiger partial charge >= 0.3 is 0 Å². The summed E-state index contributed by atoms with van der Waals surface area (Å²) in [5, 5.41) is 9.70. The number of nitrogens with zero attached hydrogens (tertiary/aromatic N) is 4. The van der Waals surface area contributed by atoms with Gasteiger partial charge in [0.25, 0.3) is 0 Å². The molecule has 24 heavy (non-hydrogen) atoms. The molecule has 2 rings (SSSR count). The fourth-order valence-electron chi connectivity index (χ4n) is 2.38. The number of hydrogen-bond acceptors (Lipinski definition) is 5. The highest BCUT2D eigenvalue weighted by Crippen LogP contribution is 2.18. The van der Waals surface area contributed by atoms with Crippen molar-refractivity contribution in [2.75, 3.05) is 39.1 Å². The van der Waals surface area contributed by atoms with Gasteiger partial charge in [0.1, 0.15) is 0 Å². The second kappa shape index (κ2) is 10.0. The number of amides is 1. The maximum atomic E-state index is 11.6. The molecule has 1 aliphatic rings. The van der Waals surface area contributed by atoms with Crippen LogP contribution in [0.5, 0.6) is 0 Å². The molecule has 7 nitrogen and oxygen atoms in total. The first-order valence-electron chi connectivity index (χ1n) is 7.90. The first-order chi connectivity index (χ1) is 11.0. The number of aliphatic imine (C=N–C) groups is 1. The number of piperidine rings is 1. The number of hydrogen-bond donors (Lipinski definition) is 2. The summed E-state index contributed by atoms with van der Waals surface area (Å²) in [5.74, 6) is 0.989.